The Morgan fingerprint density at radius 2 is 1.75 bits per heavy atom. The summed E-state index contributed by atoms with van der Waals surface area (Å²) in [7, 11) is 0. The van der Waals surface area contributed by atoms with Crippen LogP contribution in [0.5, 0.6) is 0 Å². The van der Waals surface area contributed by atoms with Crippen LogP contribution >= 0.6 is 0 Å². The van der Waals surface area contributed by atoms with Crippen LogP contribution in [0.4, 0.5) is 5.69 Å². The first-order valence-corrected chi connectivity index (χ1v) is 6.84. The summed E-state index contributed by atoms with van der Waals surface area (Å²) in [5.41, 5.74) is 2.80. The Hall–Kier alpha value is -2.29. The van der Waals surface area contributed by atoms with Crippen molar-refractivity contribution in [2.75, 3.05) is 5.32 Å². The van der Waals surface area contributed by atoms with Gasteiger partial charge in [-0.15, -0.1) is 0 Å². The molecule has 0 aliphatic heterocycles. The van der Waals surface area contributed by atoms with Crippen molar-refractivity contribution < 1.29 is 9.90 Å². The maximum Gasteiger partial charge on any atom is 0.330 e. The second-order valence-electron chi connectivity index (χ2n) is 4.73. The van der Waals surface area contributed by atoms with Gasteiger partial charge in [-0.3, -0.25) is 0 Å². The van der Waals surface area contributed by atoms with Crippen molar-refractivity contribution in [2.24, 2.45) is 0 Å². The molecular weight excluding hydrogens is 250 g/mol. The molecule has 20 heavy (non-hydrogen) atoms. The Kier molecular flexibility index (Phi) is 4.77. The predicted octanol–water partition coefficient (Wildman–Crippen LogP) is 3.88. The topological polar surface area (TPSA) is 49.3 Å². The average Bonchev–Trinajstić information content (AvgIpc) is 2.47. The number of benzene rings is 2. The Labute approximate surface area is 119 Å². The summed E-state index contributed by atoms with van der Waals surface area (Å²) < 4.78 is 0. The van der Waals surface area contributed by atoms with E-state index in [9.17, 15) is 9.90 Å². The normalized spacial score (nSPS) is 11.8. The molecule has 0 heterocycles. The molecule has 3 heteroatoms. The Morgan fingerprint density at radius 1 is 1.10 bits per heavy atom. The third-order valence-electron chi connectivity index (χ3n) is 3.22. The minimum Gasteiger partial charge on any atom is -0.479 e. The molecule has 0 radical (unpaired) electrons. The second kappa shape index (κ2) is 6.75. The van der Waals surface area contributed by atoms with Gasteiger partial charge in [0.25, 0.3) is 0 Å². The summed E-state index contributed by atoms with van der Waals surface area (Å²) >= 11 is 0. The number of anilines is 1. The zero-order valence-corrected chi connectivity index (χ0v) is 11.5. The highest BCUT2D eigenvalue weighted by molar-refractivity contribution is 5.79. The first-order valence-electron chi connectivity index (χ1n) is 6.84. The van der Waals surface area contributed by atoms with Crippen LogP contribution in [-0.2, 0) is 11.2 Å². The highest BCUT2D eigenvalue weighted by Crippen LogP contribution is 2.23. The third kappa shape index (κ3) is 3.38. The van der Waals surface area contributed by atoms with Crippen LogP contribution in [-0.4, -0.2) is 11.1 Å². The summed E-state index contributed by atoms with van der Waals surface area (Å²) in [5, 5.41) is 12.6. The minimum absolute atomic E-state index is 0.728. The number of hydrogen-bond acceptors (Lipinski definition) is 2. The quantitative estimate of drug-likeness (QED) is 0.836. The zero-order chi connectivity index (χ0) is 14.4. The van der Waals surface area contributed by atoms with Gasteiger partial charge in [0.05, 0.1) is 0 Å². The molecule has 1 unspecified atom stereocenters. The van der Waals surface area contributed by atoms with E-state index < -0.39 is 12.0 Å². The number of nitrogens with one attached hydrogen (secondary N) is 1. The van der Waals surface area contributed by atoms with Gasteiger partial charge in [-0.25, -0.2) is 4.79 Å². The second-order valence-corrected chi connectivity index (χ2v) is 4.73. The first kappa shape index (κ1) is 14.1. The molecule has 0 bridgehead atoms. The van der Waals surface area contributed by atoms with Crippen molar-refractivity contribution >= 4 is 11.7 Å². The summed E-state index contributed by atoms with van der Waals surface area (Å²) in [4.78, 5) is 11.5. The zero-order valence-electron chi connectivity index (χ0n) is 11.5. The van der Waals surface area contributed by atoms with Crippen molar-refractivity contribution in [3.8, 4) is 0 Å². The van der Waals surface area contributed by atoms with Gasteiger partial charge in [0, 0.05) is 5.69 Å². The summed E-state index contributed by atoms with van der Waals surface area (Å²) in [5.74, 6) is -0.873. The fraction of sp³-hybridized carbons (Fsp3) is 0.235. The monoisotopic (exact) mass is 269 g/mol. The standard InChI is InChI=1S/C17H19NO2/c1-2-8-13-9-6-7-12-15(13)18-16(17(19)20)14-10-4-3-5-11-14/h3-7,9-12,16,18H,2,8H2,1H3,(H,19,20). The largest absolute Gasteiger partial charge is 0.479 e. The summed E-state index contributed by atoms with van der Waals surface area (Å²) in [6.07, 6.45) is 1.96. The molecule has 0 aromatic heterocycles. The van der Waals surface area contributed by atoms with E-state index in [1.54, 1.807) is 0 Å². The molecule has 0 saturated heterocycles. The molecule has 1 atom stereocenters. The summed E-state index contributed by atoms with van der Waals surface area (Å²) in [6, 6.07) is 16.4. The van der Waals surface area contributed by atoms with E-state index in [4.69, 9.17) is 0 Å². The highest BCUT2D eigenvalue weighted by atomic mass is 16.4. The van der Waals surface area contributed by atoms with E-state index in [1.807, 2.05) is 54.6 Å². The van der Waals surface area contributed by atoms with Gasteiger partial charge in [-0.05, 0) is 23.6 Å². The van der Waals surface area contributed by atoms with Crippen LogP contribution in [0, 0.1) is 0 Å². The van der Waals surface area contributed by atoms with Crippen LogP contribution in [0.2, 0.25) is 0 Å². The molecule has 104 valence electrons. The van der Waals surface area contributed by atoms with E-state index in [0.717, 1.165) is 29.7 Å². The number of carbonyl (C=O) groups is 1. The van der Waals surface area contributed by atoms with Gasteiger partial charge in [0.15, 0.2) is 6.04 Å². The molecule has 0 spiro atoms. The van der Waals surface area contributed by atoms with Crippen molar-refractivity contribution in [1.82, 2.24) is 0 Å². The van der Waals surface area contributed by atoms with Crippen molar-refractivity contribution in [2.45, 2.75) is 25.8 Å². The van der Waals surface area contributed by atoms with Gasteiger partial charge < -0.3 is 10.4 Å². The number of para-hydroxylation sites is 1. The smallest absolute Gasteiger partial charge is 0.330 e. The molecule has 0 amide bonds. The molecule has 0 aliphatic rings. The first-order chi connectivity index (χ1) is 9.72. The Bertz CT molecular complexity index is 566. The van der Waals surface area contributed by atoms with E-state index in [-0.39, 0.29) is 0 Å². The van der Waals surface area contributed by atoms with Crippen LogP contribution in [0.15, 0.2) is 54.6 Å². The number of carboxylic acids is 1. The predicted molar refractivity (Wildman–Crippen MR) is 80.9 cm³/mol. The lowest BCUT2D eigenvalue weighted by Gasteiger charge is -2.18. The highest BCUT2D eigenvalue weighted by Gasteiger charge is 2.20. The van der Waals surface area contributed by atoms with Gasteiger partial charge in [-0.2, -0.15) is 0 Å². The van der Waals surface area contributed by atoms with E-state index in [2.05, 4.69) is 12.2 Å². The van der Waals surface area contributed by atoms with Crippen LogP contribution < -0.4 is 5.32 Å². The third-order valence-corrected chi connectivity index (χ3v) is 3.22. The van der Waals surface area contributed by atoms with Crippen LogP contribution in [0.3, 0.4) is 0 Å². The minimum atomic E-state index is -0.873. The molecule has 2 aromatic rings. The van der Waals surface area contributed by atoms with Crippen molar-refractivity contribution in [3.63, 3.8) is 0 Å². The molecule has 3 nitrogen and oxygen atoms in total. The Morgan fingerprint density at radius 3 is 2.40 bits per heavy atom. The number of carboxylic acid groups (broad SMARTS) is 1. The number of aliphatic carboxylic acids is 1. The lowest BCUT2D eigenvalue weighted by Crippen LogP contribution is -2.21. The average molecular weight is 269 g/mol. The molecule has 2 aromatic carbocycles. The van der Waals surface area contributed by atoms with E-state index >= 15 is 0 Å². The van der Waals surface area contributed by atoms with Gasteiger partial charge in [0.1, 0.15) is 0 Å². The number of aryl methyl sites for hydroxylation is 1. The SMILES string of the molecule is CCCc1ccccc1NC(C(=O)O)c1ccccc1. The molecule has 2 rings (SSSR count). The molecule has 0 aliphatic carbocycles. The van der Waals surface area contributed by atoms with Crippen molar-refractivity contribution in [3.05, 3.63) is 65.7 Å². The summed E-state index contributed by atoms with van der Waals surface area (Å²) in [6.45, 7) is 2.11. The number of hydrogen-bond donors (Lipinski definition) is 2. The molecule has 2 N–H and O–H groups in total. The van der Waals surface area contributed by atoms with Crippen molar-refractivity contribution in [1.29, 1.82) is 0 Å². The van der Waals surface area contributed by atoms with Gasteiger partial charge >= 0.3 is 5.97 Å². The van der Waals surface area contributed by atoms with Crippen LogP contribution in [0.25, 0.3) is 0 Å². The molecular formula is C17H19NO2. The van der Waals surface area contributed by atoms with Gasteiger partial charge in [-0.1, -0.05) is 61.9 Å². The number of rotatable bonds is 6. The van der Waals surface area contributed by atoms with Crippen LogP contribution in [0.1, 0.15) is 30.5 Å². The van der Waals surface area contributed by atoms with E-state index in [1.165, 1.54) is 0 Å². The lowest BCUT2D eigenvalue weighted by atomic mass is 10.0. The van der Waals surface area contributed by atoms with E-state index in [0.29, 0.717) is 0 Å². The maximum atomic E-state index is 11.5. The Balaban J connectivity index is 2.28. The molecule has 0 fully saturated rings. The fourth-order valence-electron chi connectivity index (χ4n) is 2.24. The fourth-order valence-corrected chi connectivity index (χ4v) is 2.24. The van der Waals surface area contributed by atoms with Gasteiger partial charge in [0.2, 0.25) is 0 Å². The molecule has 0 saturated carbocycles. The lowest BCUT2D eigenvalue weighted by molar-refractivity contribution is -0.138. The maximum absolute atomic E-state index is 11.5.